The van der Waals surface area contributed by atoms with Crippen molar-refractivity contribution in [2.24, 2.45) is 11.8 Å². The summed E-state index contributed by atoms with van der Waals surface area (Å²) >= 11 is 0. The van der Waals surface area contributed by atoms with Crippen LogP contribution in [0.2, 0.25) is 0 Å². The van der Waals surface area contributed by atoms with Crippen LogP contribution in [0.25, 0.3) is 6.08 Å². The van der Waals surface area contributed by atoms with Gasteiger partial charge in [-0.3, -0.25) is 4.98 Å². The van der Waals surface area contributed by atoms with E-state index in [0.717, 1.165) is 24.8 Å². The fourth-order valence-corrected chi connectivity index (χ4v) is 4.39. The fourth-order valence-electron chi connectivity index (χ4n) is 4.39. The average molecular weight is 406 g/mol. The molecule has 1 aromatic carbocycles. The van der Waals surface area contributed by atoms with Gasteiger partial charge in [0.15, 0.2) is 6.10 Å². The maximum absolute atomic E-state index is 12.7. The molecule has 1 aliphatic rings. The minimum atomic E-state index is -1.31. The summed E-state index contributed by atoms with van der Waals surface area (Å²) in [6.45, 7) is 8.35. The summed E-state index contributed by atoms with van der Waals surface area (Å²) in [4.78, 5) is 16.7. The molecule has 1 unspecified atom stereocenters. The zero-order valence-electron chi connectivity index (χ0n) is 17.8. The molecule has 1 fully saturated rings. The summed E-state index contributed by atoms with van der Waals surface area (Å²) in [5, 5.41) is 10.3. The van der Waals surface area contributed by atoms with Crippen LogP contribution in [0.4, 0.5) is 0 Å². The van der Waals surface area contributed by atoms with Gasteiger partial charge in [-0.15, -0.1) is 6.58 Å². The van der Waals surface area contributed by atoms with Crippen LogP contribution in [-0.4, -0.2) is 28.3 Å². The molecule has 2 aromatic rings. The van der Waals surface area contributed by atoms with Crippen molar-refractivity contribution in [1.29, 1.82) is 0 Å². The number of aliphatic hydroxyl groups excluding tert-OH is 1. The third kappa shape index (κ3) is 5.25. The van der Waals surface area contributed by atoms with Crippen LogP contribution in [0.1, 0.15) is 44.2 Å². The number of carbonyl (C=O) groups is 1. The lowest BCUT2D eigenvalue weighted by molar-refractivity contribution is -0.163. The van der Waals surface area contributed by atoms with Crippen LogP contribution in [0.3, 0.4) is 0 Å². The monoisotopic (exact) mass is 405 g/mol. The van der Waals surface area contributed by atoms with Crippen molar-refractivity contribution >= 4 is 12.0 Å². The summed E-state index contributed by atoms with van der Waals surface area (Å²) in [5.74, 6) is -0.137. The number of allylic oxidation sites excluding steroid dienone is 1. The highest BCUT2D eigenvalue weighted by Gasteiger charge is 2.42. The predicted molar refractivity (Wildman–Crippen MR) is 120 cm³/mol. The summed E-state index contributed by atoms with van der Waals surface area (Å²) in [6, 6.07) is 14.0. The molecule has 3 rings (SSSR count). The maximum atomic E-state index is 12.7. The van der Waals surface area contributed by atoms with Crippen molar-refractivity contribution < 1.29 is 14.6 Å². The van der Waals surface area contributed by atoms with Crippen molar-refractivity contribution in [1.82, 2.24) is 4.98 Å². The Hall–Kier alpha value is -2.72. The molecule has 0 saturated heterocycles. The number of hydrogen-bond donors (Lipinski definition) is 1. The van der Waals surface area contributed by atoms with E-state index in [9.17, 15) is 9.90 Å². The summed E-state index contributed by atoms with van der Waals surface area (Å²) in [5.41, 5.74) is 1.89. The molecule has 1 N–H and O–H groups in total. The number of aromatic nitrogens is 1. The first-order valence-corrected chi connectivity index (χ1v) is 10.6. The molecule has 0 aliphatic heterocycles. The molecular weight excluding hydrogens is 374 g/mol. The van der Waals surface area contributed by atoms with Gasteiger partial charge in [0.2, 0.25) is 0 Å². The predicted octanol–water partition coefficient (Wildman–Crippen LogP) is 4.95. The molecule has 4 heteroatoms. The molecular formula is C26H31NO3. The Morgan fingerprint density at radius 3 is 2.67 bits per heavy atom. The van der Waals surface area contributed by atoms with Crippen molar-refractivity contribution in [2.45, 2.75) is 50.7 Å². The quantitative estimate of drug-likeness (QED) is 0.523. The number of pyridine rings is 1. The zero-order valence-corrected chi connectivity index (χ0v) is 17.8. The number of rotatable bonds is 7. The maximum Gasteiger partial charge on any atom is 0.339 e. The molecule has 1 aromatic heterocycles. The molecule has 1 saturated carbocycles. The Balaban J connectivity index is 1.74. The summed E-state index contributed by atoms with van der Waals surface area (Å²) < 4.78 is 5.89. The lowest BCUT2D eigenvalue weighted by Gasteiger charge is -2.44. The van der Waals surface area contributed by atoms with E-state index in [1.54, 1.807) is 24.5 Å². The highest BCUT2D eigenvalue weighted by molar-refractivity contribution is 5.78. The second-order valence-electron chi connectivity index (χ2n) is 8.57. The third-order valence-electron chi connectivity index (χ3n) is 6.27. The SMILES string of the molecule is C=CC1CC[C@@H](C(C)(C)c2ccccc2)[C@H](OC(=O)[C@@H](O)/C=C/c2cccnc2)C1. The van der Waals surface area contributed by atoms with Gasteiger partial charge in [0.25, 0.3) is 0 Å². The molecule has 4 nitrogen and oxygen atoms in total. The smallest absolute Gasteiger partial charge is 0.339 e. The van der Waals surface area contributed by atoms with Crippen molar-refractivity contribution in [3.8, 4) is 0 Å². The Labute approximate surface area is 179 Å². The Bertz CT molecular complexity index is 860. The van der Waals surface area contributed by atoms with Crippen LogP contribution in [0.5, 0.6) is 0 Å². The van der Waals surface area contributed by atoms with Crippen molar-refractivity contribution in [3.05, 3.63) is 84.7 Å². The molecule has 30 heavy (non-hydrogen) atoms. The first-order chi connectivity index (χ1) is 14.4. The van der Waals surface area contributed by atoms with E-state index in [2.05, 4.69) is 37.5 Å². The molecule has 4 atom stereocenters. The fraction of sp³-hybridized carbons (Fsp3) is 0.385. The Morgan fingerprint density at radius 2 is 2.00 bits per heavy atom. The van der Waals surface area contributed by atoms with Gasteiger partial charge in [0, 0.05) is 18.3 Å². The molecule has 0 radical (unpaired) electrons. The Kier molecular flexibility index (Phi) is 7.22. The van der Waals surface area contributed by atoms with E-state index in [1.165, 1.54) is 11.6 Å². The van der Waals surface area contributed by atoms with Gasteiger partial charge >= 0.3 is 5.97 Å². The van der Waals surface area contributed by atoms with E-state index < -0.39 is 12.1 Å². The number of esters is 1. The minimum Gasteiger partial charge on any atom is -0.460 e. The van der Waals surface area contributed by atoms with Gasteiger partial charge in [-0.25, -0.2) is 4.79 Å². The van der Waals surface area contributed by atoms with Crippen LogP contribution >= 0.6 is 0 Å². The van der Waals surface area contributed by atoms with Crippen LogP contribution < -0.4 is 0 Å². The number of carbonyl (C=O) groups excluding carboxylic acids is 1. The molecule has 1 aliphatic carbocycles. The van der Waals surface area contributed by atoms with Gasteiger partial charge < -0.3 is 9.84 Å². The first-order valence-electron chi connectivity index (χ1n) is 10.6. The second-order valence-corrected chi connectivity index (χ2v) is 8.57. The number of aliphatic hydroxyl groups is 1. The normalized spacial score (nSPS) is 23.1. The zero-order chi connectivity index (χ0) is 21.6. The lowest BCUT2D eigenvalue weighted by atomic mass is 9.64. The van der Waals surface area contributed by atoms with Crippen molar-refractivity contribution in [3.63, 3.8) is 0 Å². The topological polar surface area (TPSA) is 59.4 Å². The Morgan fingerprint density at radius 1 is 1.23 bits per heavy atom. The second kappa shape index (κ2) is 9.86. The van der Waals surface area contributed by atoms with Gasteiger partial charge in [0.05, 0.1) is 0 Å². The van der Waals surface area contributed by atoms with Crippen molar-refractivity contribution in [2.75, 3.05) is 0 Å². The molecule has 0 spiro atoms. The average Bonchev–Trinajstić information content (AvgIpc) is 2.78. The minimum absolute atomic E-state index is 0.158. The molecule has 0 bridgehead atoms. The van der Waals surface area contributed by atoms with E-state index in [4.69, 9.17) is 4.74 Å². The number of hydrogen-bond acceptors (Lipinski definition) is 4. The van der Waals surface area contributed by atoms with E-state index >= 15 is 0 Å². The van der Waals surface area contributed by atoms with E-state index in [1.807, 2.05) is 30.3 Å². The number of nitrogens with zero attached hydrogens (tertiary/aromatic N) is 1. The van der Waals surface area contributed by atoms with Gasteiger partial charge in [-0.1, -0.05) is 62.4 Å². The summed E-state index contributed by atoms with van der Waals surface area (Å²) in [7, 11) is 0. The van der Waals surface area contributed by atoms with E-state index in [0.29, 0.717) is 5.92 Å². The highest BCUT2D eigenvalue weighted by atomic mass is 16.6. The van der Waals surface area contributed by atoms with E-state index in [-0.39, 0.29) is 17.4 Å². The van der Waals surface area contributed by atoms with Gasteiger partial charge in [-0.2, -0.15) is 0 Å². The first kappa shape index (κ1) is 22.0. The number of ether oxygens (including phenoxy) is 1. The third-order valence-corrected chi connectivity index (χ3v) is 6.27. The number of benzene rings is 1. The van der Waals surface area contributed by atoms with Crippen LogP contribution in [-0.2, 0) is 14.9 Å². The van der Waals surface area contributed by atoms with Gasteiger partial charge in [0.1, 0.15) is 6.10 Å². The molecule has 1 heterocycles. The lowest BCUT2D eigenvalue weighted by Crippen LogP contribution is -2.44. The largest absolute Gasteiger partial charge is 0.460 e. The van der Waals surface area contributed by atoms with Gasteiger partial charge in [-0.05, 0) is 53.9 Å². The van der Waals surface area contributed by atoms with Crippen LogP contribution in [0, 0.1) is 11.8 Å². The molecule has 158 valence electrons. The van der Waals surface area contributed by atoms with Crippen LogP contribution in [0.15, 0.2) is 73.6 Å². The highest BCUT2D eigenvalue weighted by Crippen LogP contribution is 2.44. The standard InChI is InChI=1S/C26H31NO3/c1-4-19-12-14-22(26(2,3)21-10-6-5-7-11-21)24(17-19)30-25(29)23(28)15-13-20-9-8-16-27-18-20/h4-11,13,15-16,18-19,22-24,28H,1,12,14,17H2,2-3H3/b15-13+/t19?,22-,23+,24-/m1/s1. The summed E-state index contributed by atoms with van der Waals surface area (Å²) in [6.07, 6.45) is 9.54. The molecule has 0 amide bonds.